The summed E-state index contributed by atoms with van der Waals surface area (Å²) in [7, 11) is 1.77. The molecule has 4 rings (SSSR count). The maximum atomic E-state index is 12.8. The smallest absolute Gasteiger partial charge is 0.223 e. The lowest BCUT2D eigenvalue weighted by Gasteiger charge is -2.38. The van der Waals surface area contributed by atoms with Gasteiger partial charge in [0.15, 0.2) is 0 Å². The molecular weight excluding hydrogens is 356 g/mol. The molecule has 7 heteroatoms. The summed E-state index contributed by atoms with van der Waals surface area (Å²) in [6.45, 7) is 2.16. The van der Waals surface area contributed by atoms with Crippen LogP contribution in [0.1, 0.15) is 37.7 Å². The molecule has 28 heavy (non-hydrogen) atoms. The average Bonchev–Trinajstić information content (AvgIpc) is 3.20. The van der Waals surface area contributed by atoms with E-state index in [1.165, 1.54) is 0 Å². The van der Waals surface area contributed by atoms with E-state index in [1.807, 2.05) is 18.2 Å². The van der Waals surface area contributed by atoms with Gasteiger partial charge in [-0.05, 0) is 49.8 Å². The number of aromatic amines is 1. The summed E-state index contributed by atoms with van der Waals surface area (Å²) >= 11 is 0. The van der Waals surface area contributed by atoms with Crippen LogP contribution < -0.4 is 10.6 Å². The van der Waals surface area contributed by atoms with Crippen molar-refractivity contribution in [3.63, 3.8) is 0 Å². The van der Waals surface area contributed by atoms with Gasteiger partial charge >= 0.3 is 0 Å². The fourth-order valence-corrected chi connectivity index (χ4v) is 4.43. The van der Waals surface area contributed by atoms with Gasteiger partial charge in [0.1, 0.15) is 0 Å². The van der Waals surface area contributed by atoms with E-state index in [-0.39, 0.29) is 24.0 Å². The van der Waals surface area contributed by atoms with Gasteiger partial charge in [-0.15, -0.1) is 0 Å². The van der Waals surface area contributed by atoms with E-state index in [9.17, 15) is 4.79 Å². The normalized spacial score (nSPS) is 26.4. The van der Waals surface area contributed by atoms with Crippen LogP contribution in [0.15, 0.2) is 24.5 Å². The highest BCUT2D eigenvalue weighted by Crippen LogP contribution is 2.28. The summed E-state index contributed by atoms with van der Waals surface area (Å²) in [5.41, 5.74) is 3.01. The molecule has 2 aliphatic rings. The number of amides is 1. The van der Waals surface area contributed by atoms with Crippen LogP contribution >= 0.6 is 0 Å². The minimum Gasteiger partial charge on any atom is -0.381 e. The summed E-state index contributed by atoms with van der Waals surface area (Å²) in [5.74, 6) is 0.165. The van der Waals surface area contributed by atoms with Crippen molar-refractivity contribution in [2.75, 3.05) is 20.3 Å². The molecule has 0 bridgehead atoms. The Balaban J connectivity index is 1.32. The van der Waals surface area contributed by atoms with Crippen LogP contribution in [0.3, 0.4) is 0 Å². The number of ether oxygens (including phenoxy) is 2. The molecule has 7 nitrogen and oxygen atoms in total. The first-order chi connectivity index (χ1) is 13.7. The third kappa shape index (κ3) is 4.54. The Morgan fingerprint density at radius 3 is 2.96 bits per heavy atom. The van der Waals surface area contributed by atoms with E-state index in [2.05, 4.69) is 20.6 Å². The molecule has 1 aliphatic heterocycles. The van der Waals surface area contributed by atoms with Crippen molar-refractivity contribution in [3.8, 4) is 0 Å². The van der Waals surface area contributed by atoms with Gasteiger partial charge in [0.05, 0.1) is 23.5 Å². The first-order valence-electron chi connectivity index (χ1n) is 10.3. The Hall–Kier alpha value is -1.96. The zero-order chi connectivity index (χ0) is 19.3. The monoisotopic (exact) mass is 386 g/mol. The third-order valence-corrected chi connectivity index (χ3v) is 6.08. The topological polar surface area (TPSA) is 88.3 Å². The maximum Gasteiger partial charge on any atom is 0.223 e. The van der Waals surface area contributed by atoms with Gasteiger partial charge in [-0.2, -0.15) is 0 Å². The van der Waals surface area contributed by atoms with Crippen LogP contribution in [0, 0.1) is 5.92 Å². The molecule has 152 valence electrons. The quantitative estimate of drug-likeness (QED) is 0.708. The lowest BCUT2D eigenvalue weighted by atomic mass is 9.82. The fourth-order valence-electron chi connectivity index (χ4n) is 4.43. The first kappa shape index (κ1) is 19.4. The number of carbonyl (C=O) groups excluding carboxylic acids is 1. The third-order valence-electron chi connectivity index (χ3n) is 6.08. The average molecular weight is 386 g/mol. The number of fused-ring (bicyclic) bond motifs is 1. The van der Waals surface area contributed by atoms with Crippen molar-refractivity contribution in [2.45, 2.75) is 56.8 Å². The second kappa shape index (κ2) is 9.03. The minimum atomic E-state index is 0.0274. The summed E-state index contributed by atoms with van der Waals surface area (Å²) in [6, 6.07) is 6.71. The minimum absolute atomic E-state index is 0.0274. The Kier molecular flexibility index (Phi) is 6.24. The zero-order valence-electron chi connectivity index (χ0n) is 16.4. The van der Waals surface area contributed by atoms with Crippen molar-refractivity contribution in [1.82, 2.24) is 20.6 Å². The van der Waals surface area contributed by atoms with Crippen molar-refractivity contribution < 1.29 is 14.3 Å². The van der Waals surface area contributed by atoms with Gasteiger partial charge in [-0.25, -0.2) is 4.98 Å². The van der Waals surface area contributed by atoms with Crippen LogP contribution in [0.25, 0.3) is 11.0 Å². The molecule has 1 saturated carbocycles. The molecule has 2 aromatic rings. The summed E-state index contributed by atoms with van der Waals surface area (Å²) in [6.07, 6.45) is 6.52. The van der Waals surface area contributed by atoms with Crippen molar-refractivity contribution in [2.24, 2.45) is 5.92 Å². The van der Waals surface area contributed by atoms with Crippen LogP contribution in [-0.4, -0.2) is 54.4 Å². The molecule has 0 radical (unpaired) electrons. The van der Waals surface area contributed by atoms with Gasteiger partial charge in [0.25, 0.3) is 0 Å². The highest BCUT2D eigenvalue weighted by Gasteiger charge is 2.35. The molecule has 1 aromatic heterocycles. The zero-order valence-corrected chi connectivity index (χ0v) is 16.4. The molecule has 0 unspecified atom stereocenters. The number of hydrogen-bond acceptors (Lipinski definition) is 5. The van der Waals surface area contributed by atoms with E-state index in [4.69, 9.17) is 9.47 Å². The Bertz CT molecular complexity index is 787. The highest BCUT2D eigenvalue weighted by atomic mass is 16.5. The number of rotatable bonds is 6. The second-order valence-electron chi connectivity index (χ2n) is 7.92. The van der Waals surface area contributed by atoms with Gasteiger partial charge in [-0.3, -0.25) is 4.79 Å². The molecule has 1 aromatic carbocycles. The summed E-state index contributed by atoms with van der Waals surface area (Å²) in [4.78, 5) is 20.1. The Morgan fingerprint density at radius 1 is 1.29 bits per heavy atom. The molecule has 2 fully saturated rings. The number of nitrogens with zero attached hydrogens (tertiary/aromatic N) is 1. The first-order valence-corrected chi connectivity index (χ1v) is 10.3. The van der Waals surface area contributed by atoms with Gasteiger partial charge < -0.3 is 25.1 Å². The number of H-pyrrole nitrogens is 1. The number of nitrogens with one attached hydrogen (secondary N) is 3. The Morgan fingerprint density at radius 2 is 2.14 bits per heavy atom. The molecule has 1 aliphatic carbocycles. The standard InChI is InChI=1S/C21H30N4O3/c1-27-20-5-3-15(11-19(20)25-16-6-8-28-9-7-16)21(26)22-12-14-2-4-17-18(10-14)24-13-23-17/h2,4,10,13,15-16,19-20,25H,3,5-9,11-12H2,1H3,(H,22,26)(H,23,24)/t15-,19+,20+/m0/s1. The van der Waals surface area contributed by atoms with Crippen molar-refractivity contribution >= 4 is 16.9 Å². The Labute approximate surface area is 165 Å². The van der Waals surface area contributed by atoms with E-state index in [0.717, 1.165) is 61.9 Å². The van der Waals surface area contributed by atoms with Crippen LogP contribution in [-0.2, 0) is 20.8 Å². The molecule has 1 amide bonds. The van der Waals surface area contributed by atoms with Crippen molar-refractivity contribution in [1.29, 1.82) is 0 Å². The largest absolute Gasteiger partial charge is 0.381 e. The summed E-state index contributed by atoms with van der Waals surface area (Å²) < 4.78 is 11.2. The maximum absolute atomic E-state index is 12.8. The van der Waals surface area contributed by atoms with E-state index in [1.54, 1.807) is 13.4 Å². The fraction of sp³-hybridized carbons (Fsp3) is 0.619. The molecule has 0 spiro atoms. The number of hydrogen-bond donors (Lipinski definition) is 3. The molecule has 2 heterocycles. The number of benzene rings is 1. The molecule has 1 saturated heterocycles. The molecule has 3 atom stereocenters. The van der Waals surface area contributed by atoms with Gasteiger partial charge in [0, 0.05) is 44.9 Å². The number of methoxy groups -OCH3 is 1. The lowest BCUT2D eigenvalue weighted by Crippen LogP contribution is -2.52. The van der Waals surface area contributed by atoms with E-state index in [0.29, 0.717) is 12.6 Å². The lowest BCUT2D eigenvalue weighted by molar-refractivity contribution is -0.127. The predicted molar refractivity (Wildman–Crippen MR) is 107 cm³/mol. The highest BCUT2D eigenvalue weighted by molar-refractivity contribution is 5.79. The SMILES string of the molecule is CO[C@@H]1CC[C@H](C(=O)NCc2ccc3nc[nH]c3c2)C[C@H]1NC1CCOCC1. The summed E-state index contributed by atoms with van der Waals surface area (Å²) in [5, 5.41) is 6.86. The van der Waals surface area contributed by atoms with Crippen LogP contribution in [0.5, 0.6) is 0 Å². The predicted octanol–water partition coefficient (Wildman–Crippen LogP) is 2.13. The number of aromatic nitrogens is 2. The van der Waals surface area contributed by atoms with Crippen LogP contribution in [0.2, 0.25) is 0 Å². The molecule has 3 N–H and O–H groups in total. The van der Waals surface area contributed by atoms with E-state index >= 15 is 0 Å². The van der Waals surface area contributed by atoms with Crippen LogP contribution in [0.4, 0.5) is 0 Å². The van der Waals surface area contributed by atoms with Gasteiger partial charge in [0.2, 0.25) is 5.91 Å². The van der Waals surface area contributed by atoms with E-state index < -0.39 is 0 Å². The van der Waals surface area contributed by atoms with Gasteiger partial charge in [-0.1, -0.05) is 6.07 Å². The van der Waals surface area contributed by atoms with Crippen molar-refractivity contribution in [3.05, 3.63) is 30.1 Å². The second-order valence-corrected chi connectivity index (χ2v) is 7.92. The number of carbonyl (C=O) groups is 1. The molecular formula is C21H30N4O3. The number of imidazole rings is 1.